The first-order chi connectivity index (χ1) is 11.0. The van der Waals surface area contributed by atoms with Crippen molar-refractivity contribution in [1.29, 1.82) is 0 Å². The van der Waals surface area contributed by atoms with E-state index in [1.807, 2.05) is 0 Å². The van der Waals surface area contributed by atoms with Crippen LogP contribution in [0.15, 0.2) is 41.6 Å². The molecule has 2 N–H and O–H groups in total. The van der Waals surface area contributed by atoms with E-state index in [9.17, 15) is 8.42 Å². The number of pyridine rings is 1. The zero-order chi connectivity index (χ0) is 16.4. The van der Waals surface area contributed by atoms with E-state index in [-0.39, 0.29) is 11.6 Å². The van der Waals surface area contributed by atoms with Gasteiger partial charge in [0, 0.05) is 22.8 Å². The average molecular weight is 371 g/mol. The molecule has 0 saturated carbocycles. The molecule has 2 aromatic heterocycles. The molecule has 0 atom stereocenters. The van der Waals surface area contributed by atoms with Crippen LogP contribution in [0, 0.1) is 0 Å². The highest BCUT2D eigenvalue weighted by Gasteiger charge is 2.21. The van der Waals surface area contributed by atoms with Gasteiger partial charge >= 0.3 is 0 Å². The number of halogens is 2. The molecule has 23 heavy (non-hydrogen) atoms. The SMILES string of the molecule is O=S(=O)(NCCc1c(Cl)cccc1Cl)c1n[nH]c2ncccc12. The first-order valence-electron chi connectivity index (χ1n) is 6.71. The average Bonchev–Trinajstić information content (AvgIpc) is 2.95. The summed E-state index contributed by atoms with van der Waals surface area (Å²) in [4.78, 5) is 4.02. The summed E-state index contributed by atoms with van der Waals surface area (Å²) in [5, 5.41) is 7.81. The molecule has 0 aliphatic heterocycles. The number of nitrogens with zero attached hydrogens (tertiary/aromatic N) is 2. The Labute approximate surface area is 142 Å². The zero-order valence-corrected chi connectivity index (χ0v) is 14.1. The highest BCUT2D eigenvalue weighted by Crippen LogP contribution is 2.24. The second-order valence-electron chi connectivity index (χ2n) is 4.78. The largest absolute Gasteiger partial charge is 0.260 e. The third-order valence-corrected chi connectivity index (χ3v) is 5.40. The molecule has 0 aliphatic rings. The van der Waals surface area contributed by atoms with E-state index in [0.29, 0.717) is 33.1 Å². The number of aromatic amines is 1. The van der Waals surface area contributed by atoms with Crippen molar-refractivity contribution in [1.82, 2.24) is 19.9 Å². The molecule has 2 heterocycles. The molecule has 120 valence electrons. The van der Waals surface area contributed by atoms with Crippen LogP contribution in [-0.4, -0.2) is 30.1 Å². The van der Waals surface area contributed by atoms with Gasteiger partial charge in [-0.25, -0.2) is 18.1 Å². The number of benzene rings is 1. The van der Waals surface area contributed by atoms with Crippen LogP contribution in [0.2, 0.25) is 10.0 Å². The summed E-state index contributed by atoms with van der Waals surface area (Å²) in [6, 6.07) is 8.46. The minimum Gasteiger partial charge on any atom is -0.259 e. The van der Waals surface area contributed by atoms with Gasteiger partial charge in [0.15, 0.2) is 5.65 Å². The predicted octanol–water partition coefficient (Wildman–Crippen LogP) is 2.79. The van der Waals surface area contributed by atoms with Crippen molar-refractivity contribution in [2.45, 2.75) is 11.4 Å². The Morgan fingerprint density at radius 2 is 1.87 bits per heavy atom. The van der Waals surface area contributed by atoms with E-state index in [1.54, 1.807) is 36.5 Å². The van der Waals surface area contributed by atoms with E-state index in [0.717, 1.165) is 0 Å². The molecule has 0 fully saturated rings. The van der Waals surface area contributed by atoms with Crippen molar-refractivity contribution < 1.29 is 8.42 Å². The van der Waals surface area contributed by atoms with Gasteiger partial charge in [0.25, 0.3) is 10.0 Å². The van der Waals surface area contributed by atoms with Crippen molar-refractivity contribution in [2.75, 3.05) is 6.54 Å². The summed E-state index contributed by atoms with van der Waals surface area (Å²) >= 11 is 12.1. The Bertz CT molecular complexity index is 936. The van der Waals surface area contributed by atoms with E-state index in [4.69, 9.17) is 23.2 Å². The second-order valence-corrected chi connectivity index (χ2v) is 7.27. The Balaban J connectivity index is 1.77. The Kier molecular flexibility index (Phi) is 4.54. The standard InChI is InChI=1S/C14H12Cl2N4O2S/c15-11-4-1-5-12(16)9(11)6-8-18-23(21,22)14-10-3-2-7-17-13(10)19-20-14/h1-5,7,18H,6,8H2,(H,17,19,20). The molecule has 1 aromatic carbocycles. The monoisotopic (exact) mass is 370 g/mol. The van der Waals surface area contributed by atoms with E-state index < -0.39 is 10.0 Å². The van der Waals surface area contributed by atoms with Crippen LogP contribution in [0.5, 0.6) is 0 Å². The molecule has 0 radical (unpaired) electrons. The topological polar surface area (TPSA) is 87.7 Å². The number of hydrogen-bond donors (Lipinski definition) is 2. The maximum Gasteiger partial charge on any atom is 0.260 e. The molecular formula is C14H12Cl2N4O2S. The molecule has 0 aliphatic carbocycles. The van der Waals surface area contributed by atoms with Gasteiger partial charge in [0.2, 0.25) is 5.03 Å². The van der Waals surface area contributed by atoms with Crippen molar-refractivity contribution in [3.8, 4) is 0 Å². The zero-order valence-electron chi connectivity index (χ0n) is 11.8. The van der Waals surface area contributed by atoms with Gasteiger partial charge < -0.3 is 0 Å². The summed E-state index contributed by atoms with van der Waals surface area (Å²) in [6.45, 7) is 0.153. The van der Waals surface area contributed by atoms with Crippen molar-refractivity contribution in [3.05, 3.63) is 52.1 Å². The van der Waals surface area contributed by atoms with Crippen LogP contribution in [-0.2, 0) is 16.4 Å². The predicted molar refractivity (Wildman–Crippen MR) is 89.2 cm³/mol. The minimum atomic E-state index is -3.76. The fourth-order valence-corrected chi connectivity index (χ4v) is 3.90. The normalized spacial score (nSPS) is 11.9. The van der Waals surface area contributed by atoms with Gasteiger partial charge in [-0.2, -0.15) is 5.10 Å². The molecule has 0 spiro atoms. The second kappa shape index (κ2) is 6.45. The lowest BCUT2D eigenvalue weighted by atomic mass is 10.1. The Hall–Kier alpha value is -1.67. The van der Waals surface area contributed by atoms with Crippen LogP contribution in [0.4, 0.5) is 0 Å². The highest BCUT2D eigenvalue weighted by atomic mass is 35.5. The van der Waals surface area contributed by atoms with E-state index in [1.165, 1.54) is 0 Å². The molecular weight excluding hydrogens is 359 g/mol. The number of sulfonamides is 1. The van der Waals surface area contributed by atoms with E-state index in [2.05, 4.69) is 19.9 Å². The molecule has 3 aromatic rings. The van der Waals surface area contributed by atoms with Gasteiger partial charge in [0.1, 0.15) is 0 Å². The van der Waals surface area contributed by atoms with Crippen LogP contribution in [0.3, 0.4) is 0 Å². The van der Waals surface area contributed by atoms with Crippen molar-refractivity contribution in [3.63, 3.8) is 0 Å². The number of nitrogens with one attached hydrogen (secondary N) is 2. The lowest BCUT2D eigenvalue weighted by Crippen LogP contribution is -2.26. The summed E-state index contributed by atoms with van der Waals surface area (Å²) in [6.07, 6.45) is 1.93. The van der Waals surface area contributed by atoms with Crippen LogP contribution in [0.25, 0.3) is 11.0 Å². The molecule has 0 unspecified atom stereocenters. The fourth-order valence-electron chi connectivity index (χ4n) is 2.19. The summed E-state index contributed by atoms with van der Waals surface area (Å²) in [5.74, 6) is 0. The lowest BCUT2D eigenvalue weighted by molar-refractivity contribution is 0.578. The number of aromatic nitrogens is 3. The molecule has 0 amide bonds. The lowest BCUT2D eigenvalue weighted by Gasteiger charge is -2.08. The minimum absolute atomic E-state index is 0.0779. The third kappa shape index (κ3) is 3.32. The van der Waals surface area contributed by atoms with Crippen LogP contribution >= 0.6 is 23.2 Å². The molecule has 3 rings (SSSR count). The molecule has 0 bridgehead atoms. The molecule has 6 nitrogen and oxygen atoms in total. The smallest absolute Gasteiger partial charge is 0.259 e. The van der Waals surface area contributed by atoms with Gasteiger partial charge in [-0.1, -0.05) is 29.3 Å². The third-order valence-electron chi connectivity index (χ3n) is 3.28. The molecule has 0 saturated heterocycles. The maximum absolute atomic E-state index is 12.4. The summed E-state index contributed by atoms with van der Waals surface area (Å²) in [7, 11) is -3.76. The Morgan fingerprint density at radius 1 is 1.13 bits per heavy atom. The van der Waals surface area contributed by atoms with Gasteiger partial charge in [0.05, 0.1) is 5.39 Å². The van der Waals surface area contributed by atoms with Gasteiger partial charge in [-0.3, -0.25) is 5.10 Å². The Morgan fingerprint density at radius 3 is 2.61 bits per heavy atom. The summed E-state index contributed by atoms with van der Waals surface area (Å²) < 4.78 is 27.3. The van der Waals surface area contributed by atoms with Crippen molar-refractivity contribution >= 4 is 44.3 Å². The first-order valence-corrected chi connectivity index (χ1v) is 8.94. The van der Waals surface area contributed by atoms with Gasteiger partial charge in [-0.15, -0.1) is 0 Å². The summed E-state index contributed by atoms with van der Waals surface area (Å²) in [5.41, 5.74) is 1.12. The fraction of sp³-hybridized carbons (Fsp3) is 0.143. The van der Waals surface area contributed by atoms with Crippen molar-refractivity contribution in [2.24, 2.45) is 0 Å². The van der Waals surface area contributed by atoms with Crippen LogP contribution < -0.4 is 4.72 Å². The van der Waals surface area contributed by atoms with Gasteiger partial charge in [-0.05, 0) is 36.2 Å². The molecule has 9 heteroatoms. The number of H-pyrrole nitrogens is 1. The van der Waals surface area contributed by atoms with Crippen LogP contribution in [0.1, 0.15) is 5.56 Å². The van der Waals surface area contributed by atoms with E-state index >= 15 is 0 Å². The maximum atomic E-state index is 12.4. The highest BCUT2D eigenvalue weighted by molar-refractivity contribution is 7.89. The quantitative estimate of drug-likeness (QED) is 0.722. The number of hydrogen-bond acceptors (Lipinski definition) is 4. The first kappa shape index (κ1) is 16.2. The number of rotatable bonds is 5. The number of fused-ring (bicyclic) bond motifs is 1.